The van der Waals surface area contributed by atoms with Crippen LogP contribution >= 0.6 is 0 Å². The topological polar surface area (TPSA) is 70.7 Å². The van der Waals surface area contributed by atoms with Crippen molar-refractivity contribution in [2.75, 3.05) is 33.0 Å². The first-order chi connectivity index (χ1) is 14.7. The molecule has 154 valence electrons. The molecule has 0 saturated carbocycles. The molecule has 0 atom stereocenters. The molecule has 5 rings (SSSR count). The average Bonchev–Trinajstić information content (AvgIpc) is 3.44. The van der Waals surface area contributed by atoms with Gasteiger partial charge in [-0.05, 0) is 30.3 Å². The number of fused-ring (bicyclic) bond motifs is 1. The summed E-state index contributed by atoms with van der Waals surface area (Å²) in [6.07, 6.45) is 0. The summed E-state index contributed by atoms with van der Waals surface area (Å²) in [5.41, 5.74) is 2.66. The van der Waals surface area contributed by atoms with Gasteiger partial charge in [0.1, 0.15) is 11.5 Å². The minimum Gasteiger partial charge on any atom is -0.454 e. The van der Waals surface area contributed by atoms with Crippen LogP contribution in [0.3, 0.4) is 0 Å². The first kappa shape index (κ1) is 18.6. The predicted octanol–water partition coefficient (Wildman–Crippen LogP) is 2.90. The Morgan fingerprint density at radius 1 is 1.03 bits per heavy atom. The number of piperazine rings is 1. The monoisotopic (exact) mass is 408 g/mol. The molecule has 30 heavy (non-hydrogen) atoms. The lowest BCUT2D eigenvalue weighted by Crippen LogP contribution is -2.48. The quantitative estimate of drug-likeness (QED) is 0.719. The molecule has 0 unspecified atom stereocenters. The maximum Gasteiger partial charge on any atom is 0.271 e. The Morgan fingerprint density at radius 2 is 1.83 bits per heavy atom. The van der Waals surface area contributed by atoms with Gasteiger partial charge >= 0.3 is 0 Å². The number of H-pyrrole nitrogens is 1. The van der Waals surface area contributed by atoms with E-state index in [-0.39, 0.29) is 18.5 Å². The summed E-state index contributed by atoms with van der Waals surface area (Å²) in [6.45, 7) is 3.34. The summed E-state index contributed by atoms with van der Waals surface area (Å²) in [5, 5.41) is 7.14. The first-order valence-electron chi connectivity index (χ1n) is 9.88. The maximum atomic E-state index is 13.9. The molecule has 2 aliphatic rings. The molecule has 1 aromatic heterocycles. The van der Waals surface area contributed by atoms with Crippen molar-refractivity contribution >= 4 is 5.91 Å². The van der Waals surface area contributed by atoms with E-state index in [1.807, 2.05) is 24.3 Å². The number of carbonyl (C=O) groups is 1. The summed E-state index contributed by atoms with van der Waals surface area (Å²) in [4.78, 5) is 16.8. The van der Waals surface area contributed by atoms with Crippen LogP contribution in [0, 0.1) is 5.82 Å². The van der Waals surface area contributed by atoms with Gasteiger partial charge in [0.05, 0.1) is 5.69 Å². The Balaban J connectivity index is 1.22. The third kappa shape index (κ3) is 3.61. The van der Waals surface area contributed by atoms with E-state index in [1.165, 1.54) is 6.07 Å². The Bertz CT molecular complexity index is 1080. The first-order valence-corrected chi connectivity index (χ1v) is 9.88. The van der Waals surface area contributed by atoms with Crippen molar-refractivity contribution in [1.29, 1.82) is 0 Å². The van der Waals surface area contributed by atoms with Gasteiger partial charge in [-0.3, -0.25) is 14.8 Å². The van der Waals surface area contributed by atoms with Gasteiger partial charge in [0.25, 0.3) is 5.91 Å². The van der Waals surface area contributed by atoms with Gasteiger partial charge in [-0.2, -0.15) is 5.10 Å². The molecule has 1 saturated heterocycles. The number of amides is 1. The van der Waals surface area contributed by atoms with Gasteiger partial charge in [-0.15, -0.1) is 0 Å². The Morgan fingerprint density at radius 3 is 2.67 bits per heavy atom. The zero-order valence-electron chi connectivity index (χ0n) is 16.3. The van der Waals surface area contributed by atoms with E-state index in [0.29, 0.717) is 61.2 Å². The van der Waals surface area contributed by atoms with E-state index in [2.05, 4.69) is 15.1 Å². The van der Waals surface area contributed by atoms with Gasteiger partial charge in [-0.25, -0.2) is 4.39 Å². The van der Waals surface area contributed by atoms with E-state index in [9.17, 15) is 9.18 Å². The number of halogens is 1. The number of benzene rings is 2. The molecule has 0 aliphatic carbocycles. The number of ether oxygens (including phenoxy) is 2. The molecule has 0 radical (unpaired) electrons. The van der Waals surface area contributed by atoms with Crippen molar-refractivity contribution < 1.29 is 18.7 Å². The van der Waals surface area contributed by atoms with Crippen LogP contribution < -0.4 is 9.47 Å². The fraction of sp³-hybridized carbons (Fsp3) is 0.273. The Hall–Kier alpha value is -3.39. The van der Waals surface area contributed by atoms with Gasteiger partial charge in [-0.1, -0.05) is 18.2 Å². The van der Waals surface area contributed by atoms with E-state index in [4.69, 9.17) is 9.47 Å². The molecule has 2 aromatic carbocycles. The molecular formula is C22H21FN4O3. The number of hydrogen-bond acceptors (Lipinski definition) is 5. The largest absolute Gasteiger partial charge is 0.454 e. The van der Waals surface area contributed by atoms with Crippen molar-refractivity contribution in [1.82, 2.24) is 20.0 Å². The molecule has 1 fully saturated rings. The molecule has 0 spiro atoms. The summed E-state index contributed by atoms with van der Waals surface area (Å²) < 4.78 is 24.6. The highest BCUT2D eigenvalue weighted by Crippen LogP contribution is 2.35. The van der Waals surface area contributed by atoms with E-state index in [0.717, 1.165) is 5.56 Å². The Labute approximate surface area is 173 Å². The highest BCUT2D eigenvalue weighted by molar-refractivity contribution is 5.93. The van der Waals surface area contributed by atoms with Gasteiger partial charge < -0.3 is 14.4 Å². The van der Waals surface area contributed by atoms with Gasteiger partial charge in [0, 0.05) is 43.9 Å². The molecule has 2 aliphatic heterocycles. The lowest BCUT2D eigenvalue weighted by Gasteiger charge is -2.34. The summed E-state index contributed by atoms with van der Waals surface area (Å²) >= 11 is 0. The second-order valence-electron chi connectivity index (χ2n) is 7.39. The van der Waals surface area contributed by atoms with Gasteiger partial charge in [0.2, 0.25) is 6.79 Å². The third-order valence-corrected chi connectivity index (χ3v) is 5.49. The lowest BCUT2D eigenvalue weighted by atomic mass is 10.1. The SMILES string of the molecule is O=C(c1cc(-c2ccc3c(c2)OCO3)n[nH]1)N1CCN(Cc2ccccc2F)CC1. The Kier molecular flexibility index (Phi) is 4.84. The molecule has 1 N–H and O–H groups in total. The number of nitrogens with one attached hydrogen (secondary N) is 1. The van der Waals surface area contributed by atoms with Crippen LogP contribution in [0.5, 0.6) is 11.5 Å². The summed E-state index contributed by atoms with van der Waals surface area (Å²) in [5.74, 6) is 1.11. The molecular weight excluding hydrogens is 387 g/mol. The number of rotatable bonds is 4. The molecule has 7 nitrogen and oxygen atoms in total. The molecule has 3 heterocycles. The minimum absolute atomic E-state index is 0.0833. The maximum absolute atomic E-state index is 13.9. The van der Waals surface area contributed by atoms with Crippen LogP contribution in [0.1, 0.15) is 16.1 Å². The number of aromatic amines is 1. The van der Waals surface area contributed by atoms with E-state index >= 15 is 0 Å². The smallest absolute Gasteiger partial charge is 0.271 e. The summed E-state index contributed by atoms with van der Waals surface area (Å²) in [7, 11) is 0. The highest BCUT2D eigenvalue weighted by atomic mass is 19.1. The van der Waals surface area contributed by atoms with Crippen molar-refractivity contribution in [3.8, 4) is 22.8 Å². The van der Waals surface area contributed by atoms with Crippen LogP contribution in [-0.2, 0) is 6.54 Å². The molecule has 3 aromatic rings. The van der Waals surface area contributed by atoms with E-state index in [1.54, 1.807) is 23.1 Å². The third-order valence-electron chi connectivity index (χ3n) is 5.49. The lowest BCUT2D eigenvalue weighted by molar-refractivity contribution is 0.0621. The van der Waals surface area contributed by atoms with E-state index < -0.39 is 0 Å². The fourth-order valence-corrected chi connectivity index (χ4v) is 3.78. The normalized spacial score (nSPS) is 16.1. The molecule has 1 amide bonds. The van der Waals surface area contributed by atoms with Crippen LogP contribution in [0.2, 0.25) is 0 Å². The molecule has 0 bridgehead atoms. The van der Waals surface area contributed by atoms with Crippen molar-refractivity contribution in [3.63, 3.8) is 0 Å². The minimum atomic E-state index is -0.190. The zero-order chi connectivity index (χ0) is 20.5. The van der Waals surface area contributed by atoms with Gasteiger partial charge in [0.15, 0.2) is 11.5 Å². The van der Waals surface area contributed by atoms with Crippen LogP contribution in [-0.4, -0.2) is 58.9 Å². The zero-order valence-corrected chi connectivity index (χ0v) is 16.3. The number of carbonyl (C=O) groups excluding carboxylic acids is 1. The number of aromatic nitrogens is 2. The molecule has 8 heteroatoms. The average molecular weight is 408 g/mol. The second kappa shape index (κ2) is 7.79. The van der Waals surface area contributed by atoms with Crippen molar-refractivity contribution in [2.45, 2.75) is 6.54 Å². The van der Waals surface area contributed by atoms with Crippen LogP contribution in [0.4, 0.5) is 4.39 Å². The van der Waals surface area contributed by atoms with Crippen molar-refractivity contribution in [3.05, 3.63) is 65.6 Å². The fourth-order valence-electron chi connectivity index (χ4n) is 3.78. The standard InChI is InChI=1S/C22H21FN4O3/c23-17-4-2-1-3-16(17)13-26-7-9-27(10-8-26)22(28)19-12-18(24-25-19)15-5-6-20-21(11-15)30-14-29-20/h1-6,11-12H,7-10,13-14H2,(H,24,25). The van der Waals surface area contributed by atoms with Crippen LogP contribution in [0.15, 0.2) is 48.5 Å². The van der Waals surface area contributed by atoms with Crippen LogP contribution in [0.25, 0.3) is 11.3 Å². The second-order valence-corrected chi connectivity index (χ2v) is 7.39. The van der Waals surface area contributed by atoms with Crippen molar-refractivity contribution in [2.24, 2.45) is 0 Å². The summed E-state index contributed by atoms with van der Waals surface area (Å²) in [6, 6.07) is 14.1. The predicted molar refractivity (Wildman–Crippen MR) is 108 cm³/mol. The number of hydrogen-bond donors (Lipinski definition) is 1. The number of nitrogens with zero attached hydrogens (tertiary/aromatic N) is 3. The highest BCUT2D eigenvalue weighted by Gasteiger charge is 2.24.